The summed E-state index contributed by atoms with van der Waals surface area (Å²) in [5.74, 6) is 4.52. The molecule has 66 valence electrons. The number of hydrazine groups is 1. The predicted molar refractivity (Wildman–Crippen MR) is 45.9 cm³/mol. The third-order valence-electron chi connectivity index (χ3n) is 1.41. The van der Waals surface area contributed by atoms with Crippen molar-refractivity contribution in [2.75, 3.05) is 5.01 Å². The first-order valence-corrected chi connectivity index (χ1v) is 4.17. The highest BCUT2D eigenvalue weighted by Gasteiger charge is 2.19. The van der Waals surface area contributed by atoms with Gasteiger partial charge in [-0.25, -0.2) is 15.6 Å². The van der Waals surface area contributed by atoms with Crippen molar-refractivity contribution in [2.45, 2.75) is 13.0 Å². The van der Waals surface area contributed by atoms with Crippen molar-refractivity contribution in [1.82, 2.24) is 4.98 Å². The predicted octanol–water partition coefficient (Wildman–Crippen LogP) is 0.296. The van der Waals surface area contributed by atoms with Gasteiger partial charge in [-0.2, -0.15) is 0 Å². The number of anilines is 1. The van der Waals surface area contributed by atoms with Gasteiger partial charge < -0.3 is 5.11 Å². The van der Waals surface area contributed by atoms with Gasteiger partial charge >= 0.3 is 5.97 Å². The zero-order valence-electron chi connectivity index (χ0n) is 6.47. The molecule has 0 aliphatic rings. The van der Waals surface area contributed by atoms with Crippen LogP contribution in [0.4, 0.5) is 5.13 Å². The Morgan fingerprint density at radius 2 is 2.58 bits per heavy atom. The molecule has 0 amide bonds. The zero-order chi connectivity index (χ0) is 9.14. The molecule has 0 aliphatic heterocycles. The summed E-state index contributed by atoms with van der Waals surface area (Å²) in [6.07, 6.45) is 1.58. The van der Waals surface area contributed by atoms with Crippen LogP contribution in [-0.2, 0) is 4.79 Å². The maximum absolute atomic E-state index is 10.5. The van der Waals surface area contributed by atoms with Gasteiger partial charge in [-0.1, -0.05) is 0 Å². The molecule has 0 saturated carbocycles. The molecule has 0 saturated heterocycles. The van der Waals surface area contributed by atoms with E-state index in [0.717, 1.165) is 5.01 Å². The number of hydrogen-bond acceptors (Lipinski definition) is 5. The second-order valence-electron chi connectivity index (χ2n) is 2.24. The molecule has 0 fully saturated rings. The van der Waals surface area contributed by atoms with Crippen LogP contribution >= 0.6 is 11.3 Å². The quantitative estimate of drug-likeness (QED) is 0.525. The fraction of sp³-hybridized carbons (Fsp3) is 0.333. The van der Waals surface area contributed by atoms with Crippen molar-refractivity contribution in [1.29, 1.82) is 0 Å². The van der Waals surface area contributed by atoms with Crippen LogP contribution in [0, 0.1) is 0 Å². The van der Waals surface area contributed by atoms with Gasteiger partial charge in [-0.05, 0) is 6.92 Å². The fourth-order valence-corrected chi connectivity index (χ4v) is 1.27. The van der Waals surface area contributed by atoms with E-state index in [9.17, 15) is 4.79 Å². The van der Waals surface area contributed by atoms with Crippen molar-refractivity contribution < 1.29 is 9.90 Å². The number of nitrogens with two attached hydrogens (primary N) is 1. The Balaban J connectivity index is 2.71. The Hall–Kier alpha value is -1.14. The van der Waals surface area contributed by atoms with Crippen LogP contribution in [0.2, 0.25) is 0 Å². The summed E-state index contributed by atoms with van der Waals surface area (Å²) in [4.78, 5) is 14.4. The minimum atomic E-state index is -0.965. The maximum Gasteiger partial charge on any atom is 0.327 e. The Labute approximate surface area is 73.4 Å². The first-order valence-electron chi connectivity index (χ1n) is 3.29. The highest BCUT2D eigenvalue weighted by atomic mass is 32.1. The van der Waals surface area contributed by atoms with Gasteiger partial charge in [0, 0.05) is 11.6 Å². The van der Waals surface area contributed by atoms with Crippen LogP contribution in [0.5, 0.6) is 0 Å². The second-order valence-corrected chi connectivity index (χ2v) is 3.11. The van der Waals surface area contributed by atoms with E-state index in [-0.39, 0.29) is 0 Å². The number of rotatable bonds is 3. The average molecular weight is 187 g/mol. The summed E-state index contributed by atoms with van der Waals surface area (Å²) >= 11 is 1.30. The van der Waals surface area contributed by atoms with E-state index >= 15 is 0 Å². The number of aromatic nitrogens is 1. The van der Waals surface area contributed by atoms with E-state index < -0.39 is 12.0 Å². The molecule has 0 spiro atoms. The van der Waals surface area contributed by atoms with Gasteiger partial charge in [0.1, 0.15) is 6.04 Å². The molecule has 1 aromatic heterocycles. The first-order chi connectivity index (χ1) is 5.63. The molecule has 1 heterocycles. The first kappa shape index (κ1) is 8.95. The Kier molecular flexibility index (Phi) is 2.61. The number of hydrogen-bond donors (Lipinski definition) is 2. The van der Waals surface area contributed by atoms with Gasteiger partial charge in [-0.3, -0.25) is 5.01 Å². The van der Waals surface area contributed by atoms with E-state index in [4.69, 9.17) is 10.9 Å². The molecule has 6 heteroatoms. The van der Waals surface area contributed by atoms with Crippen molar-refractivity contribution >= 4 is 22.4 Å². The van der Waals surface area contributed by atoms with Crippen LogP contribution in [0.15, 0.2) is 11.6 Å². The lowest BCUT2D eigenvalue weighted by Crippen LogP contribution is -2.44. The molecular weight excluding hydrogens is 178 g/mol. The minimum absolute atomic E-state index is 0.505. The standard InChI is InChI=1S/C6H9N3O2S/c1-4(5(10)11)9(7)6-8-2-3-12-6/h2-4H,7H2,1H3,(H,10,11)/t4-/m0/s1. The summed E-state index contributed by atoms with van der Waals surface area (Å²) in [5.41, 5.74) is 0. The Bertz CT molecular complexity index is 262. The molecule has 1 atom stereocenters. The number of carboxylic acids is 1. The lowest BCUT2D eigenvalue weighted by atomic mass is 10.3. The maximum atomic E-state index is 10.5. The van der Waals surface area contributed by atoms with Gasteiger partial charge in [-0.15, -0.1) is 11.3 Å². The van der Waals surface area contributed by atoms with Gasteiger partial charge in [0.05, 0.1) is 0 Å². The summed E-state index contributed by atoms with van der Waals surface area (Å²) in [6, 6.07) is -0.754. The third-order valence-corrected chi connectivity index (χ3v) is 2.20. The van der Waals surface area contributed by atoms with Crippen LogP contribution < -0.4 is 10.9 Å². The highest BCUT2D eigenvalue weighted by Crippen LogP contribution is 2.15. The van der Waals surface area contributed by atoms with Crippen molar-refractivity contribution in [3.63, 3.8) is 0 Å². The molecule has 0 aliphatic carbocycles. The highest BCUT2D eigenvalue weighted by molar-refractivity contribution is 7.13. The third kappa shape index (κ3) is 1.72. The fourth-order valence-electron chi connectivity index (χ4n) is 0.628. The number of nitrogens with zero attached hydrogens (tertiary/aromatic N) is 2. The molecule has 12 heavy (non-hydrogen) atoms. The molecule has 0 aromatic carbocycles. The van der Waals surface area contributed by atoms with E-state index in [1.165, 1.54) is 18.3 Å². The van der Waals surface area contributed by atoms with Crippen LogP contribution in [0.25, 0.3) is 0 Å². The lowest BCUT2D eigenvalue weighted by Gasteiger charge is -2.18. The van der Waals surface area contributed by atoms with Crippen LogP contribution in [0.3, 0.4) is 0 Å². The normalized spacial score (nSPS) is 12.5. The minimum Gasteiger partial charge on any atom is -0.480 e. The molecule has 5 nitrogen and oxygen atoms in total. The lowest BCUT2D eigenvalue weighted by molar-refractivity contribution is -0.138. The van der Waals surface area contributed by atoms with Crippen LogP contribution in [-0.4, -0.2) is 22.1 Å². The van der Waals surface area contributed by atoms with Crippen molar-refractivity contribution in [3.8, 4) is 0 Å². The SMILES string of the molecule is C[C@@H](C(=O)O)N(N)c1nccs1. The Morgan fingerprint density at radius 3 is 3.00 bits per heavy atom. The molecule has 1 rings (SSSR count). The summed E-state index contributed by atoms with van der Waals surface area (Å²) in [6.45, 7) is 1.50. The summed E-state index contributed by atoms with van der Waals surface area (Å²) in [5, 5.41) is 12.0. The Morgan fingerprint density at radius 1 is 1.92 bits per heavy atom. The summed E-state index contributed by atoms with van der Waals surface area (Å²) < 4.78 is 0. The van der Waals surface area contributed by atoms with E-state index in [1.807, 2.05) is 0 Å². The molecule has 1 aromatic rings. The molecular formula is C6H9N3O2S. The van der Waals surface area contributed by atoms with Gasteiger partial charge in [0.2, 0.25) is 0 Å². The number of thiazole rings is 1. The molecule has 0 unspecified atom stereocenters. The number of aliphatic carboxylic acids is 1. The monoisotopic (exact) mass is 187 g/mol. The average Bonchev–Trinajstić information content (AvgIpc) is 2.53. The molecule has 0 bridgehead atoms. The van der Waals surface area contributed by atoms with E-state index in [0.29, 0.717) is 5.13 Å². The largest absolute Gasteiger partial charge is 0.480 e. The number of carbonyl (C=O) groups is 1. The van der Waals surface area contributed by atoms with Crippen LogP contribution in [0.1, 0.15) is 6.92 Å². The zero-order valence-corrected chi connectivity index (χ0v) is 7.28. The molecule has 3 N–H and O–H groups in total. The van der Waals surface area contributed by atoms with Crippen molar-refractivity contribution in [2.24, 2.45) is 5.84 Å². The van der Waals surface area contributed by atoms with Crippen molar-refractivity contribution in [3.05, 3.63) is 11.6 Å². The smallest absolute Gasteiger partial charge is 0.327 e. The topological polar surface area (TPSA) is 79.5 Å². The van der Waals surface area contributed by atoms with Gasteiger partial charge in [0.25, 0.3) is 0 Å². The van der Waals surface area contributed by atoms with E-state index in [2.05, 4.69) is 4.98 Å². The van der Waals surface area contributed by atoms with Gasteiger partial charge in [0.15, 0.2) is 5.13 Å². The second kappa shape index (κ2) is 3.51. The summed E-state index contributed by atoms with van der Waals surface area (Å²) in [7, 11) is 0. The van der Waals surface area contributed by atoms with E-state index in [1.54, 1.807) is 11.6 Å². The number of carboxylic acid groups (broad SMARTS) is 1. The molecule has 0 radical (unpaired) electrons.